The molecule has 1 aromatic carbocycles. The highest BCUT2D eigenvalue weighted by atomic mass is 32.2. The number of anilines is 1. The van der Waals surface area contributed by atoms with E-state index in [0.29, 0.717) is 28.0 Å². The maximum Gasteiger partial charge on any atom is 0.257 e. The lowest BCUT2D eigenvalue weighted by molar-refractivity contribution is -0.116. The van der Waals surface area contributed by atoms with Crippen molar-refractivity contribution < 1.29 is 14.3 Å². The Bertz CT molecular complexity index is 881. The van der Waals surface area contributed by atoms with E-state index in [1.54, 1.807) is 26.4 Å². The molecule has 0 saturated carbocycles. The number of fused-ring (bicyclic) bond motifs is 1. The number of rotatable bonds is 6. The maximum absolute atomic E-state index is 12.7. The van der Waals surface area contributed by atoms with Crippen LogP contribution in [0.4, 0.5) is 5.82 Å². The molecule has 2 N–H and O–H groups in total. The zero-order valence-electron chi connectivity index (χ0n) is 14.9. The summed E-state index contributed by atoms with van der Waals surface area (Å²) in [6.07, 6.45) is 1.14. The van der Waals surface area contributed by atoms with Crippen molar-refractivity contribution in [1.82, 2.24) is 9.97 Å². The Morgan fingerprint density at radius 1 is 1.23 bits per heavy atom. The van der Waals surface area contributed by atoms with Gasteiger partial charge >= 0.3 is 0 Å². The maximum atomic E-state index is 12.7. The highest BCUT2D eigenvalue weighted by Crippen LogP contribution is 2.38. The van der Waals surface area contributed by atoms with E-state index < -0.39 is 0 Å². The van der Waals surface area contributed by atoms with Crippen LogP contribution in [0.2, 0.25) is 0 Å². The Balaban J connectivity index is 2.06. The van der Waals surface area contributed by atoms with Gasteiger partial charge in [-0.3, -0.25) is 9.59 Å². The Morgan fingerprint density at radius 2 is 2.00 bits per heavy atom. The lowest BCUT2D eigenvalue weighted by atomic mass is 9.86. The average molecular weight is 375 g/mol. The number of aromatic nitrogens is 2. The number of ether oxygens (including phenoxy) is 2. The molecule has 1 aromatic heterocycles. The Morgan fingerprint density at radius 3 is 2.69 bits per heavy atom. The minimum Gasteiger partial charge on any atom is -0.493 e. The zero-order valence-corrected chi connectivity index (χ0v) is 15.7. The van der Waals surface area contributed by atoms with E-state index in [2.05, 4.69) is 22.2 Å². The molecule has 1 atom stereocenters. The number of H-pyrrole nitrogens is 1. The number of aromatic amines is 1. The fraction of sp³-hybridized carbons (Fsp3) is 0.389. The lowest BCUT2D eigenvalue weighted by Crippen LogP contribution is -2.31. The highest BCUT2D eigenvalue weighted by Gasteiger charge is 2.31. The van der Waals surface area contributed by atoms with Gasteiger partial charge in [-0.1, -0.05) is 24.8 Å². The summed E-state index contributed by atoms with van der Waals surface area (Å²) in [7, 11) is 3.11. The van der Waals surface area contributed by atoms with Crippen molar-refractivity contribution in [1.29, 1.82) is 0 Å². The summed E-state index contributed by atoms with van der Waals surface area (Å²) in [6.45, 7) is 2.05. The van der Waals surface area contributed by atoms with Crippen LogP contribution in [0.1, 0.15) is 36.8 Å². The van der Waals surface area contributed by atoms with Gasteiger partial charge in [0, 0.05) is 18.1 Å². The van der Waals surface area contributed by atoms with Crippen molar-refractivity contribution in [3.8, 4) is 11.5 Å². The number of hydrogen-bond donors (Lipinski definition) is 2. The first-order valence-electron chi connectivity index (χ1n) is 8.36. The van der Waals surface area contributed by atoms with Gasteiger partial charge in [0.15, 0.2) is 16.7 Å². The second kappa shape index (κ2) is 7.82. The molecule has 26 heavy (non-hydrogen) atoms. The molecule has 0 fully saturated rings. The number of carbonyl (C=O) groups excluding carboxylic acids is 1. The molecule has 1 amide bonds. The number of thioether (sulfide) groups is 1. The monoisotopic (exact) mass is 375 g/mol. The second-order valence-electron chi connectivity index (χ2n) is 5.90. The number of benzene rings is 1. The molecular weight excluding hydrogens is 354 g/mol. The van der Waals surface area contributed by atoms with Gasteiger partial charge < -0.3 is 19.8 Å². The third-order valence-corrected chi connectivity index (χ3v) is 5.26. The molecule has 138 valence electrons. The predicted octanol–water partition coefficient (Wildman–Crippen LogP) is 2.76. The van der Waals surface area contributed by atoms with E-state index in [1.807, 2.05) is 6.07 Å². The number of carbonyl (C=O) groups is 1. The number of amides is 1. The van der Waals surface area contributed by atoms with Gasteiger partial charge in [-0.2, -0.15) is 0 Å². The van der Waals surface area contributed by atoms with Crippen LogP contribution >= 0.6 is 11.8 Å². The molecule has 8 heteroatoms. The van der Waals surface area contributed by atoms with Crippen LogP contribution in [0, 0.1) is 0 Å². The summed E-state index contributed by atoms with van der Waals surface area (Å²) in [5, 5.41) is 3.25. The second-order valence-corrected chi connectivity index (χ2v) is 6.98. The van der Waals surface area contributed by atoms with Gasteiger partial charge in [-0.15, -0.1) is 0 Å². The van der Waals surface area contributed by atoms with E-state index in [0.717, 1.165) is 17.7 Å². The van der Waals surface area contributed by atoms with Crippen LogP contribution in [0.5, 0.6) is 11.5 Å². The van der Waals surface area contributed by atoms with E-state index in [9.17, 15) is 9.59 Å². The molecule has 0 aliphatic carbocycles. The largest absolute Gasteiger partial charge is 0.493 e. The zero-order chi connectivity index (χ0) is 18.7. The van der Waals surface area contributed by atoms with Crippen molar-refractivity contribution in [3.05, 3.63) is 39.7 Å². The SMILES string of the molecule is CCCSc1nc2c(c(=O)[nH]1)[C@@H](c1ccc(OC)c(OC)c1)CC(=O)N2. The molecule has 2 aromatic rings. The van der Waals surface area contributed by atoms with Crippen molar-refractivity contribution >= 4 is 23.5 Å². The van der Waals surface area contributed by atoms with E-state index >= 15 is 0 Å². The first-order valence-corrected chi connectivity index (χ1v) is 9.34. The summed E-state index contributed by atoms with van der Waals surface area (Å²) >= 11 is 1.46. The summed E-state index contributed by atoms with van der Waals surface area (Å²) in [5.41, 5.74) is 1.05. The number of nitrogens with one attached hydrogen (secondary N) is 2. The molecule has 0 spiro atoms. The van der Waals surface area contributed by atoms with Gasteiger partial charge in [0.25, 0.3) is 5.56 Å². The first kappa shape index (κ1) is 18.3. The Kier molecular flexibility index (Phi) is 5.51. The van der Waals surface area contributed by atoms with Crippen molar-refractivity contribution in [2.75, 3.05) is 25.3 Å². The normalized spacial score (nSPS) is 16.0. The van der Waals surface area contributed by atoms with Crippen LogP contribution in [-0.2, 0) is 4.79 Å². The molecule has 0 saturated heterocycles. The smallest absolute Gasteiger partial charge is 0.257 e. The lowest BCUT2D eigenvalue weighted by Gasteiger charge is -2.25. The molecule has 2 heterocycles. The van der Waals surface area contributed by atoms with E-state index in [-0.39, 0.29) is 23.8 Å². The molecule has 0 bridgehead atoms. The Labute approximate surface area is 155 Å². The number of methoxy groups -OCH3 is 2. The fourth-order valence-electron chi connectivity index (χ4n) is 2.97. The third-order valence-electron chi connectivity index (χ3n) is 4.18. The van der Waals surface area contributed by atoms with Crippen LogP contribution < -0.4 is 20.3 Å². The van der Waals surface area contributed by atoms with Crippen molar-refractivity contribution in [2.45, 2.75) is 30.8 Å². The van der Waals surface area contributed by atoms with Gasteiger partial charge in [0.05, 0.1) is 19.8 Å². The van der Waals surface area contributed by atoms with E-state index in [4.69, 9.17) is 9.47 Å². The molecule has 1 aliphatic heterocycles. The highest BCUT2D eigenvalue weighted by molar-refractivity contribution is 7.99. The summed E-state index contributed by atoms with van der Waals surface area (Å²) in [5.74, 6) is 1.77. The van der Waals surface area contributed by atoms with Gasteiger partial charge in [-0.25, -0.2) is 4.98 Å². The standard InChI is InChI=1S/C18H21N3O4S/c1-4-7-26-18-20-16-15(17(23)21-18)11(9-14(22)19-16)10-5-6-12(24-2)13(8-10)25-3/h5-6,8,11H,4,7,9H2,1-3H3,(H2,19,20,21,22,23)/t11-/m1/s1. The molecule has 0 radical (unpaired) electrons. The quantitative estimate of drug-likeness (QED) is 0.596. The number of nitrogens with zero attached hydrogens (tertiary/aromatic N) is 1. The van der Waals surface area contributed by atoms with Crippen molar-refractivity contribution in [3.63, 3.8) is 0 Å². The summed E-state index contributed by atoms with van der Waals surface area (Å²) < 4.78 is 10.6. The summed E-state index contributed by atoms with van der Waals surface area (Å²) in [6, 6.07) is 5.41. The molecule has 0 unspecified atom stereocenters. The van der Waals surface area contributed by atoms with Crippen LogP contribution in [0.3, 0.4) is 0 Å². The molecule has 1 aliphatic rings. The molecule has 3 rings (SSSR count). The minimum absolute atomic E-state index is 0.165. The predicted molar refractivity (Wildman–Crippen MR) is 101 cm³/mol. The number of hydrogen-bond acceptors (Lipinski definition) is 6. The fourth-order valence-corrected chi connectivity index (χ4v) is 3.69. The minimum atomic E-state index is -0.389. The first-order chi connectivity index (χ1) is 12.6. The average Bonchev–Trinajstić information content (AvgIpc) is 2.64. The molecular formula is C18H21N3O4S. The molecule has 7 nitrogen and oxygen atoms in total. The van der Waals surface area contributed by atoms with Gasteiger partial charge in [0.2, 0.25) is 5.91 Å². The van der Waals surface area contributed by atoms with Crippen molar-refractivity contribution in [2.24, 2.45) is 0 Å². The Hall–Kier alpha value is -2.48. The van der Waals surface area contributed by atoms with Gasteiger partial charge in [-0.05, 0) is 24.1 Å². The topological polar surface area (TPSA) is 93.3 Å². The van der Waals surface area contributed by atoms with Crippen LogP contribution in [0.15, 0.2) is 28.2 Å². The summed E-state index contributed by atoms with van der Waals surface area (Å²) in [4.78, 5) is 32.2. The van der Waals surface area contributed by atoms with Crippen LogP contribution in [-0.4, -0.2) is 35.8 Å². The van der Waals surface area contributed by atoms with Gasteiger partial charge in [0.1, 0.15) is 5.82 Å². The third kappa shape index (κ3) is 3.55. The van der Waals surface area contributed by atoms with Crippen LogP contribution in [0.25, 0.3) is 0 Å². The van der Waals surface area contributed by atoms with E-state index in [1.165, 1.54) is 11.8 Å².